The Balaban J connectivity index is 0.00000122. The second-order valence-corrected chi connectivity index (χ2v) is 11.1. The molecule has 6 nitrogen and oxygen atoms in total. The van der Waals surface area contributed by atoms with Crippen molar-refractivity contribution in [3.8, 4) is 0 Å². The maximum Gasteiger partial charge on any atom is 0.0566 e. The summed E-state index contributed by atoms with van der Waals surface area (Å²) in [6.45, 7) is 22.3. The Bertz CT molecular complexity index is 439. The lowest BCUT2D eigenvalue weighted by Gasteiger charge is -2.44. The minimum Gasteiger partial charge on any atom is -0.380 e. The van der Waals surface area contributed by atoms with Gasteiger partial charge in [0.1, 0.15) is 0 Å². The number of hydrogen-bond donors (Lipinski definition) is 0. The third-order valence-corrected chi connectivity index (χ3v) is 7.90. The second kappa shape index (κ2) is 13.7. The molecule has 0 N–H and O–H groups in total. The van der Waals surface area contributed by atoms with Crippen LogP contribution in [0.5, 0.6) is 0 Å². The molecule has 3 rings (SSSR count). The first-order chi connectivity index (χ1) is 15.9. The second-order valence-electron chi connectivity index (χ2n) is 11.1. The first-order valence-corrected chi connectivity index (χ1v) is 13.4. The van der Waals surface area contributed by atoms with Crippen LogP contribution in [-0.2, 0) is 28.4 Å². The molecule has 0 spiro atoms. The highest BCUT2D eigenvalue weighted by Gasteiger charge is 2.41. The van der Waals surface area contributed by atoms with E-state index in [1.165, 1.54) is 6.42 Å². The van der Waals surface area contributed by atoms with E-state index in [4.69, 9.17) is 28.4 Å². The van der Waals surface area contributed by atoms with Crippen molar-refractivity contribution < 1.29 is 28.4 Å². The van der Waals surface area contributed by atoms with E-state index < -0.39 is 0 Å². The molecule has 0 amide bonds. The van der Waals surface area contributed by atoms with Crippen LogP contribution in [0.3, 0.4) is 0 Å². The van der Waals surface area contributed by atoms with Crippen molar-refractivity contribution >= 4 is 0 Å². The fourth-order valence-corrected chi connectivity index (χ4v) is 4.22. The van der Waals surface area contributed by atoms with Gasteiger partial charge in [0, 0.05) is 21.7 Å². The average Bonchev–Trinajstić information content (AvgIpc) is 2.74. The molecule has 6 heteroatoms. The Morgan fingerprint density at radius 3 is 0.970 bits per heavy atom. The Hall–Kier alpha value is -0.240. The summed E-state index contributed by atoms with van der Waals surface area (Å²) < 4.78 is 35.2. The van der Waals surface area contributed by atoms with Gasteiger partial charge in [0.2, 0.25) is 0 Å². The molecule has 3 saturated heterocycles. The summed E-state index contributed by atoms with van der Waals surface area (Å²) >= 11 is 0. The topological polar surface area (TPSA) is 55.4 Å². The van der Waals surface area contributed by atoms with Gasteiger partial charge in [0.15, 0.2) is 0 Å². The van der Waals surface area contributed by atoms with Crippen LogP contribution in [0.1, 0.15) is 73.6 Å². The largest absolute Gasteiger partial charge is 0.380 e. The zero-order valence-electron chi connectivity index (χ0n) is 22.5. The van der Waals surface area contributed by atoms with E-state index in [1.807, 2.05) is 0 Å². The molecule has 3 fully saturated rings. The minimum atomic E-state index is -0.126. The number of rotatable bonds is 16. The fraction of sp³-hybridized carbons (Fsp3) is 1.00. The monoisotopic (exact) mass is 472 g/mol. The molecule has 0 saturated carbocycles. The molecule has 3 heterocycles. The molecule has 0 unspecified atom stereocenters. The summed E-state index contributed by atoms with van der Waals surface area (Å²) in [7, 11) is 0. The summed E-state index contributed by atoms with van der Waals surface area (Å²) in [6, 6.07) is 0. The van der Waals surface area contributed by atoms with Crippen LogP contribution in [0.2, 0.25) is 0 Å². The van der Waals surface area contributed by atoms with Gasteiger partial charge in [-0.1, -0.05) is 48.0 Å². The van der Waals surface area contributed by atoms with Gasteiger partial charge in [-0.25, -0.2) is 0 Å². The van der Waals surface area contributed by atoms with Crippen LogP contribution in [0.15, 0.2) is 0 Å². The quantitative estimate of drug-likeness (QED) is 0.310. The zero-order chi connectivity index (χ0) is 24.3. The molecular formula is C27H52O6. The molecule has 0 radical (unpaired) electrons. The van der Waals surface area contributed by atoms with Crippen molar-refractivity contribution in [3.05, 3.63) is 0 Å². The molecule has 0 bridgehead atoms. The van der Waals surface area contributed by atoms with Gasteiger partial charge in [-0.05, 0) is 25.7 Å². The third-order valence-electron chi connectivity index (χ3n) is 7.90. The van der Waals surface area contributed by atoms with Crippen molar-refractivity contribution in [2.75, 3.05) is 79.3 Å². The van der Waals surface area contributed by atoms with E-state index >= 15 is 0 Å². The predicted octanol–water partition coefficient (Wildman–Crippen LogP) is 5.13. The van der Waals surface area contributed by atoms with E-state index in [1.54, 1.807) is 0 Å². The van der Waals surface area contributed by atoms with Gasteiger partial charge in [0.25, 0.3) is 0 Å². The lowest BCUT2D eigenvalue weighted by Crippen LogP contribution is -2.49. The van der Waals surface area contributed by atoms with Crippen molar-refractivity contribution in [2.24, 2.45) is 21.7 Å². The van der Waals surface area contributed by atoms with Crippen LogP contribution in [0.4, 0.5) is 0 Å². The number of hydrogen-bond acceptors (Lipinski definition) is 6. The molecule has 0 aromatic rings. The van der Waals surface area contributed by atoms with Crippen molar-refractivity contribution in [2.45, 2.75) is 73.6 Å². The zero-order valence-corrected chi connectivity index (χ0v) is 22.5. The van der Waals surface area contributed by atoms with Gasteiger partial charge >= 0.3 is 0 Å². The first-order valence-electron chi connectivity index (χ1n) is 13.4. The number of ether oxygens (including phenoxy) is 6. The lowest BCUT2D eigenvalue weighted by molar-refractivity contribution is -0.187. The predicted molar refractivity (Wildman–Crippen MR) is 132 cm³/mol. The molecule has 0 atom stereocenters. The molecule has 0 aromatic carbocycles. The summed E-state index contributed by atoms with van der Waals surface area (Å²) in [5.41, 5.74) is 0.476. The maximum atomic E-state index is 6.30. The maximum absolute atomic E-state index is 6.30. The summed E-state index contributed by atoms with van der Waals surface area (Å²) in [6.07, 6.45) is 5.50. The van der Waals surface area contributed by atoms with Gasteiger partial charge in [-0.15, -0.1) is 0 Å². The molecule has 196 valence electrons. The van der Waals surface area contributed by atoms with E-state index in [9.17, 15) is 0 Å². The van der Waals surface area contributed by atoms with Crippen LogP contribution in [0, 0.1) is 21.7 Å². The van der Waals surface area contributed by atoms with Crippen molar-refractivity contribution in [1.82, 2.24) is 0 Å². The summed E-state index contributed by atoms with van der Waals surface area (Å²) in [5.74, 6) is 0. The van der Waals surface area contributed by atoms with Gasteiger partial charge in [-0.2, -0.15) is 0 Å². The van der Waals surface area contributed by atoms with Crippen LogP contribution >= 0.6 is 0 Å². The van der Waals surface area contributed by atoms with Crippen molar-refractivity contribution in [3.63, 3.8) is 0 Å². The normalized spacial score (nSPS) is 22.4. The van der Waals surface area contributed by atoms with E-state index in [0.717, 1.165) is 85.1 Å². The Morgan fingerprint density at radius 1 is 0.545 bits per heavy atom. The van der Waals surface area contributed by atoms with E-state index in [0.29, 0.717) is 19.8 Å². The molecular weight excluding hydrogens is 420 g/mol. The van der Waals surface area contributed by atoms with Crippen LogP contribution < -0.4 is 0 Å². The minimum absolute atomic E-state index is 0.126. The van der Waals surface area contributed by atoms with Crippen molar-refractivity contribution in [1.29, 1.82) is 0 Å². The molecule has 0 aromatic heterocycles. The first kappa shape index (κ1) is 29.0. The smallest absolute Gasteiger partial charge is 0.0566 e. The summed E-state index contributed by atoms with van der Waals surface area (Å²) in [4.78, 5) is 0. The van der Waals surface area contributed by atoms with Gasteiger partial charge < -0.3 is 28.4 Å². The highest BCUT2D eigenvalue weighted by atomic mass is 16.5. The Labute approximate surface area is 203 Å². The highest BCUT2D eigenvalue weighted by molar-refractivity contribution is 4.88. The highest BCUT2D eigenvalue weighted by Crippen LogP contribution is 2.36. The van der Waals surface area contributed by atoms with Gasteiger partial charge in [0.05, 0.1) is 79.3 Å². The lowest BCUT2D eigenvalue weighted by atomic mass is 9.83. The van der Waals surface area contributed by atoms with Gasteiger partial charge in [-0.3, -0.25) is 0 Å². The SMILES string of the molecule is CCC.CCC1(COCC(CC)(COCC2(CC)COC2)COCC2(CC)COC2)COC1. The molecule has 3 aliphatic rings. The average molecular weight is 473 g/mol. The van der Waals surface area contributed by atoms with Crippen LogP contribution in [-0.4, -0.2) is 79.3 Å². The Morgan fingerprint density at radius 2 is 0.818 bits per heavy atom. The third kappa shape index (κ3) is 7.88. The molecule has 0 aliphatic carbocycles. The molecule has 3 aliphatic heterocycles. The van der Waals surface area contributed by atoms with E-state index in [2.05, 4.69) is 41.5 Å². The van der Waals surface area contributed by atoms with E-state index in [-0.39, 0.29) is 21.7 Å². The fourth-order valence-electron chi connectivity index (χ4n) is 4.22. The molecule has 33 heavy (non-hydrogen) atoms. The van der Waals surface area contributed by atoms with Crippen LogP contribution in [0.25, 0.3) is 0 Å². The Kier molecular flexibility index (Phi) is 12.1. The summed E-state index contributed by atoms with van der Waals surface area (Å²) in [5, 5.41) is 0. The standard InChI is InChI=1S/C24H44O6.C3H8/c1-5-21(9-25-10-21)15-28-18-24(8-4,19-29-16-22(6-2)11-26-12-22)20-30-17-23(7-3)13-27-14-23;1-3-2/h5-20H2,1-4H3;3H2,1-2H3.